The number of fused-ring (bicyclic) bond motifs is 1. The molecule has 2 aromatic rings. The lowest BCUT2D eigenvalue weighted by molar-refractivity contribution is 0.0981. The first-order valence-electron chi connectivity index (χ1n) is 6.87. The Hall–Kier alpha value is -2.07. The molecule has 0 spiro atoms. The van der Waals surface area contributed by atoms with Crippen LogP contribution in [0.1, 0.15) is 22.8 Å². The van der Waals surface area contributed by atoms with Crippen molar-refractivity contribution < 1.29 is 4.79 Å². The predicted molar refractivity (Wildman–Crippen MR) is 84.6 cm³/mol. The largest absolute Gasteiger partial charge is 0.397 e. The Kier molecular flexibility index (Phi) is 3.55. The molecule has 0 radical (unpaired) electrons. The van der Waals surface area contributed by atoms with Crippen molar-refractivity contribution in [3.05, 3.63) is 52.8 Å². The average Bonchev–Trinajstić information content (AvgIpc) is 2.48. The highest BCUT2D eigenvalue weighted by Gasteiger charge is 2.28. The van der Waals surface area contributed by atoms with E-state index < -0.39 is 0 Å². The van der Waals surface area contributed by atoms with E-state index in [2.05, 4.69) is 18.0 Å². The Morgan fingerprint density at radius 1 is 1.43 bits per heavy atom. The van der Waals surface area contributed by atoms with Crippen LogP contribution in [0, 0.1) is 5.92 Å². The molecule has 0 fully saturated rings. The summed E-state index contributed by atoms with van der Waals surface area (Å²) < 4.78 is 0. The van der Waals surface area contributed by atoms with Crippen LogP contribution in [0.25, 0.3) is 0 Å². The average molecular weight is 302 g/mol. The number of carbonyl (C=O) groups is 1. The number of hydrogen-bond donors (Lipinski definition) is 1. The molecule has 2 heterocycles. The number of carbonyl (C=O) groups excluding carboxylic acids is 1. The molecule has 1 aliphatic rings. The summed E-state index contributed by atoms with van der Waals surface area (Å²) in [5.41, 5.74) is 8.77. The number of hydrogen-bond acceptors (Lipinski definition) is 3. The van der Waals surface area contributed by atoms with Crippen LogP contribution in [-0.2, 0) is 6.42 Å². The van der Waals surface area contributed by atoms with Gasteiger partial charge in [-0.15, -0.1) is 0 Å². The fourth-order valence-electron chi connectivity index (χ4n) is 2.76. The standard InChI is InChI=1S/C16H16ClN3O/c1-10-6-11-4-2-3-5-14(11)20(9-10)16(21)12-7-15(17)19-8-13(12)18/h2-5,7-8,10H,6,9,18H2,1H3. The van der Waals surface area contributed by atoms with E-state index in [4.69, 9.17) is 17.3 Å². The summed E-state index contributed by atoms with van der Waals surface area (Å²) in [7, 11) is 0. The highest BCUT2D eigenvalue weighted by molar-refractivity contribution is 6.30. The van der Waals surface area contributed by atoms with Crippen molar-refractivity contribution in [1.82, 2.24) is 4.98 Å². The normalized spacial score (nSPS) is 17.4. The molecule has 1 unspecified atom stereocenters. The fraction of sp³-hybridized carbons (Fsp3) is 0.250. The molecule has 3 rings (SSSR count). The first kappa shape index (κ1) is 13.9. The molecule has 1 aliphatic heterocycles. The highest BCUT2D eigenvalue weighted by atomic mass is 35.5. The molecule has 0 bridgehead atoms. The summed E-state index contributed by atoms with van der Waals surface area (Å²) >= 11 is 5.89. The molecule has 1 amide bonds. The van der Waals surface area contributed by atoms with Crippen molar-refractivity contribution in [2.24, 2.45) is 5.92 Å². The highest BCUT2D eigenvalue weighted by Crippen LogP contribution is 2.31. The van der Waals surface area contributed by atoms with E-state index in [0.717, 1.165) is 12.1 Å². The van der Waals surface area contributed by atoms with Gasteiger partial charge in [-0.3, -0.25) is 4.79 Å². The number of nitrogens with zero attached hydrogens (tertiary/aromatic N) is 2. The van der Waals surface area contributed by atoms with Gasteiger partial charge in [-0.05, 0) is 30.0 Å². The van der Waals surface area contributed by atoms with Crippen LogP contribution in [0.15, 0.2) is 36.5 Å². The summed E-state index contributed by atoms with van der Waals surface area (Å²) in [4.78, 5) is 18.5. The fourth-order valence-corrected chi connectivity index (χ4v) is 2.92. The smallest absolute Gasteiger partial charge is 0.260 e. The van der Waals surface area contributed by atoms with Crippen LogP contribution in [0.4, 0.5) is 11.4 Å². The van der Waals surface area contributed by atoms with Gasteiger partial charge in [0.15, 0.2) is 0 Å². The van der Waals surface area contributed by atoms with Crippen molar-refractivity contribution >= 4 is 28.9 Å². The molecule has 0 saturated heterocycles. The minimum Gasteiger partial charge on any atom is -0.397 e. The van der Waals surface area contributed by atoms with Crippen LogP contribution in [-0.4, -0.2) is 17.4 Å². The van der Waals surface area contributed by atoms with Gasteiger partial charge < -0.3 is 10.6 Å². The summed E-state index contributed by atoms with van der Waals surface area (Å²) in [6.45, 7) is 2.81. The Balaban J connectivity index is 2.04. The zero-order chi connectivity index (χ0) is 15.0. The topological polar surface area (TPSA) is 59.2 Å². The van der Waals surface area contributed by atoms with Gasteiger partial charge in [-0.1, -0.05) is 36.7 Å². The monoisotopic (exact) mass is 301 g/mol. The summed E-state index contributed by atoms with van der Waals surface area (Å²) in [5.74, 6) is 0.276. The lowest BCUT2D eigenvalue weighted by Gasteiger charge is -2.33. The first-order chi connectivity index (χ1) is 10.1. The third-order valence-corrected chi connectivity index (χ3v) is 3.93. The van der Waals surface area contributed by atoms with Crippen LogP contribution < -0.4 is 10.6 Å². The quantitative estimate of drug-likeness (QED) is 0.823. The second-order valence-electron chi connectivity index (χ2n) is 5.45. The Labute approximate surface area is 128 Å². The van der Waals surface area contributed by atoms with E-state index in [0.29, 0.717) is 23.7 Å². The van der Waals surface area contributed by atoms with Crippen molar-refractivity contribution in [1.29, 1.82) is 0 Å². The maximum absolute atomic E-state index is 12.8. The van der Waals surface area contributed by atoms with Gasteiger partial charge in [0.2, 0.25) is 0 Å². The van der Waals surface area contributed by atoms with E-state index in [1.165, 1.54) is 17.8 Å². The molecular weight excluding hydrogens is 286 g/mol. The second-order valence-corrected chi connectivity index (χ2v) is 5.84. The molecule has 21 heavy (non-hydrogen) atoms. The number of aromatic nitrogens is 1. The minimum absolute atomic E-state index is 0.129. The number of halogens is 1. The van der Waals surface area contributed by atoms with Crippen molar-refractivity contribution in [3.63, 3.8) is 0 Å². The van der Waals surface area contributed by atoms with E-state index in [1.54, 1.807) is 4.90 Å². The minimum atomic E-state index is -0.129. The SMILES string of the molecule is CC1Cc2ccccc2N(C(=O)c2cc(Cl)ncc2N)C1. The third kappa shape index (κ3) is 2.59. The van der Waals surface area contributed by atoms with Gasteiger partial charge in [0.05, 0.1) is 17.4 Å². The van der Waals surface area contributed by atoms with Crippen molar-refractivity contribution in [2.45, 2.75) is 13.3 Å². The maximum atomic E-state index is 12.8. The van der Waals surface area contributed by atoms with Crippen LogP contribution in [0.3, 0.4) is 0 Å². The molecule has 5 heteroatoms. The van der Waals surface area contributed by atoms with Crippen LogP contribution in [0.2, 0.25) is 5.15 Å². The summed E-state index contributed by atoms with van der Waals surface area (Å²) in [6.07, 6.45) is 2.40. The van der Waals surface area contributed by atoms with Crippen LogP contribution >= 0.6 is 11.6 Å². The Morgan fingerprint density at radius 3 is 3.00 bits per heavy atom. The predicted octanol–water partition coefficient (Wildman–Crippen LogP) is 3.16. The zero-order valence-corrected chi connectivity index (χ0v) is 12.5. The lowest BCUT2D eigenvalue weighted by atomic mass is 9.93. The second kappa shape index (κ2) is 5.37. The molecule has 2 N–H and O–H groups in total. The van der Waals surface area contributed by atoms with E-state index in [9.17, 15) is 4.79 Å². The van der Waals surface area contributed by atoms with Crippen molar-refractivity contribution in [3.8, 4) is 0 Å². The zero-order valence-electron chi connectivity index (χ0n) is 11.7. The molecule has 108 valence electrons. The number of nitrogen functional groups attached to an aromatic ring is 1. The van der Waals surface area contributed by atoms with Gasteiger partial charge in [-0.25, -0.2) is 4.98 Å². The number of anilines is 2. The van der Waals surface area contributed by atoms with Crippen LogP contribution in [0.5, 0.6) is 0 Å². The summed E-state index contributed by atoms with van der Waals surface area (Å²) in [5, 5.41) is 0.269. The van der Waals surface area contributed by atoms with E-state index >= 15 is 0 Å². The molecule has 0 aliphatic carbocycles. The van der Waals surface area contributed by atoms with Gasteiger partial charge in [0.25, 0.3) is 5.91 Å². The number of para-hydroxylation sites is 1. The summed E-state index contributed by atoms with van der Waals surface area (Å²) in [6, 6.07) is 9.50. The molecule has 0 saturated carbocycles. The van der Waals surface area contributed by atoms with Gasteiger partial charge in [0, 0.05) is 12.2 Å². The van der Waals surface area contributed by atoms with Gasteiger partial charge in [-0.2, -0.15) is 0 Å². The van der Waals surface area contributed by atoms with Crippen molar-refractivity contribution in [2.75, 3.05) is 17.2 Å². The number of pyridine rings is 1. The molecule has 1 aromatic heterocycles. The Morgan fingerprint density at radius 2 is 2.19 bits per heavy atom. The lowest BCUT2D eigenvalue weighted by Crippen LogP contribution is -2.39. The first-order valence-corrected chi connectivity index (χ1v) is 7.25. The number of benzene rings is 1. The van der Waals surface area contributed by atoms with E-state index in [1.807, 2.05) is 18.2 Å². The number of amides is 1. The van der Waals surface area contributed by atoms with Gasteiger partial charge in [0.1, 0.15) is 5.15 Å². The molecule has 1 aromatic carbocycles. The third-order valence-electron chi connectivity index (χ3n) is 3.72. The molecular formula is C16H16ClN3O. The Bertz CT molecular complexity index is 702. The van der Waals surface area contributed by atoms with Gasteiger partial charge >= 0.3 is 0 Å². The van der Waals surface area contributed by atoms with E-state index in [-0.39, 0.29) is 11.1 Å². The number of nitrogens with two attached hydrogens (primary N) is 1. The molecule has 4 nitrogen and oxygen atoms in total. The molecule has 1 atom stereocenters. The number of rotatable bonds is 1. The maximum Gasteiger partial charge on any atom is 0.260 e.